The number of nitrogens with one attached hydrogen (secondary N) is 2. The molecule has 1 atom stereocenters. The summed E-state index contributed by atoms with van der Waals surface area (Å²) in [5.41, 5.74) is 1.23. The summed E-state index contributed by atoms with van der Waals surface area (Å²) in [5.74, 6) is -1.31. The van der Waals surface area contributed by atoms with Crippen LogP contribution in [0.15, 0.2) is 18.2 Å². The Balaban J connectivity index is 2.28. The lowest BCUT2D eigenvalue weighted by molar-refractivity contribution is -0.136. The summed E-state index contributed by atoms with van der Waals surface area (Å²) >= 11 is 5.97. The number of carboxylic acids is 1. The van der Waals surface area contributed by atoms with Crippen molar-refractivity contribution in [2.75, 3.05) is 11.9 Å². The van der Waals surface area contributed by atoms with Gasteiger partial charge in [-0.05, 0) is 12.1 Å². The predicted octanol–water partition coefficient (Wildman–Crippen LogP) is 1.01. The number of rotatable bonds is 3. The maximum absolute atomic E-state index is 11.6. The zero-order chi connectivity index (χ0) is 11.7. The first-order valence-electron chi connectivity index (χ1n) is 4.64. The molecule has 0 aromatic heterocycles. The van der Waals surface area contributed by atoms with Crippen molar-refractivity contribution >= 4 is 29.2 Å². The number of amides is 1. The standard InChI is InChI=1S/C10H9ClN2O3/c11-5-2-1-3-6-8(5)9(10(16)13-6)12-4-7(14)15/h1-3,9,12H,4H2,(H,13,16)(H,14,15). The minimum Gasteiger partial charge on any atom is -0.480 e. The molecule has 0 radical (unpaired) electrons. The number of hydrogen-bond donors (Lipinski definition) is 3. The highest BCUT2D eigenvalue weighted by molar-refractivity contribution is 6.32. The zero-order valence-corrected chi connectivity index (χ0v) is 8.91. The van der Waals surface area contributed by atoms with Gasteiger partial charge < -0.3 is 10.4 Å². The topological polar surface area (TPSA) is 78.4 Å². The summed E-state index contributed by atoms with van der Waals surface area (Å²) in [5, 5.41) is 14.3. The van der Waals surface area contributed by atoms with Gasteiger partial charge >= 0.3 is 5.97 Å². The number of carbonyl (C=O) groups excluding carboxylic acids is 1. The van der Waals surface area contributed by atoms with E-state index in [2.05, 4.69) is 10.6 Å². The summed E-state index contributed by atoms with van der Waals surface area (Å²) < 4.78 is 0. The third-order valence-corrected chi connectivity index (χ3v) is 2.65. The van der Waals surface area contributed by atoms with E-state index >= 15 is 0 Å². The van der Waals surface area contributed by atoms with Crippen LogP contribution in [-0.2, 0) is 9.59 Å². The Morgan fingerprint density at radius 3 is 3.00 bits per heavy atom. The lowest BCUT2D eigenvalue weighted by Crippen LogP contribution is -2.31. The Morgan fingerprint density at radius 2 is 2.31 bits per heavy atom. The second-order valence-corrected chi connectivity index (χ2v) is 3.81. The Hall–Kier alpha value is -1.59. The third-order valence-electron chi connectivity index (χ3n) is 2.32. The molecule has 1 aliphatic rings. The van der Waals surface area contributed by atoms with E-state index in [1.54, 1.807) is 18.2 Å². The Kier molecular flexibility index (Phi) is 2.80. The quantitative estimate of drug-likeness (QED) is 0.737. The number of hydrogen-bond acceptors (Lipinski definition) is 3. The fourth-order valence-electron chi connectivity index (χ4n) is 1.66. The van der Waals surface area contributed by atoms with Crippen molar-refractivity contribution in [2.45, 2.75) is 6.04 Å². The van der Waals surface area contributed by atoms with Gasteiger partial charge in [-0.3, -0.25) is 14.9 Å². The van der Waals surface area contributed by atoms with Crippen LogP contribution in [0.4, 0.5) is 5.69 Å². The summed E-state index contributed by atoms with van der Waals surface area (Å²) in [6.45, 7) is -0.289. The molecule has 1 aromatic carbocycles. The van der Waals surface area contributed by atoms with Crippen LogP contribution in [0.25, 0.3) is 0 Å². The highest BCUT2D eigenvalue weighted by atomic mass is 35.5. The van der Waals surface area contributed by atoms with E-state index in [0.29, 0.717) is 16.3 Å². The van der Waals surface area contributed by atoms with E-state index in [1.165, 1.54) is 0 Å². The molecule has 0 saturated carbocycles. The highest BCUT2D eigenvalue weighted by Gasteiger charge is 2.32. The van der Waals surface area contributed by atoms with Crippen molar-refractivity contribution in [3.63, 3.8) is 0 Å². The van der Waals surface area contributed by atoms with Crippen LogP contribution in [0.2, 0.25) is 5.02 Å². The second kappa shape index (κ2) is 4.11. The molecule has 0 fully saturated rings. The molecule has 0 aliphatic carbocycles. The minimum atomic E-state index is -1.02. The van der Waals surface area contributed by atoms with Crippen molar-refractivity contribution in [1.82, 2.24) is 5.32 Å². The maximum Gasteiger partial charge on any atom is 0.317 e. The highest BCUT2D eigenvalue weighted by Crippen LogP contribution is 2.35. The smallest absolute Gasteiger partial charge is 0.317 e. The molecular formula is C10H9ClN2O3. The van der Waals surface area contributed by atoms with Crippen LogP contribution >= 0.6 is 11.6 Å². The van der Waals surface area contributed by atoms with E-state index in [1.807, 2.05) is 0 Å². The Labute approximate surface area is 96.4 Å². The van der Waals surface area contributed by atoms with Gasteiger partial charge in [0.25, 0.3) is 0 Å². The molecule has 3 N–H and O–H groups in total. The number of anilines is 1. The maximum atomic E-state index is 11.6. The van der Waals surface area contributed by atoms with Gasteiger partial charge in [-0.1, -0.05) is 17.7 Å². The van der Waals surface area contributed by atoms with Gasteiger partial charge in [-0.2, -0.15) is 0 Å². The van der Waals surface area contributed by atoms with Crippen molar-refractivity contribution in [3.8, 4) is 0 Å². The molecule has 1 amide bonds. The first-order valence-corrected chi connectivity index (χ1v) is 5.02. The van der Waals surface area contributed by atoms with Crippen molar-refractivity contribution in [1.29, 1.82) is 0 Å². The number of benzene rings is 1. The lowest BCUT2D eigenvalue weighted by Gasteiger charge is -2.10. The number of fused-ring (bicyclic) bond motifs is 1. The number of carbonyl (C=O) groups is 2. The van der Waals surface area contributed by atoms with E-state index in [0.717, 1.165) is 0 Å². The lowest BCUT2D eigenvalue weighted by atomic mass is 10.1. The van der Waals surface area contributed by atoms with Crippen LogP contribution in [0.3, 0.4) is 0 Å². The van der Waals surface area contributed by atoms with Crippen LogP contribution < -0.4 is 10.6 Å². The number of aliphatic carboxylic acids is 1. The zero-order valence-electron chi connectivity index (χ0n) is 8.16. The van der Waals surface area contributed by atoms with E-state index in [4.69, 9.17) is 16.7 Å². The summed E-state index contributed by atoms with van der Waals surface area (Å²) in [6, 6.07) is 4.42. The second-order valence-electron chi connectivity index (χ2n) is 3.40. The van der Waals surface area contributed by atoms with Gasteiger partial charge in [0, 0.05) is 16.3 Å². The molecule has 6 heteroatoms. The average Bonchev–Trinajstić information content (AvgIpc) is 2.52. The molecule has 1 heterocycles. The average molecular weight is 241 g/mol. The molecule has 0 bridgehead atoms. The van der Waals surface area contributed by atoms with E-state index in [-0.39, 0.29) is 12.5 Å². The van der Waals surface area contributed by atoms with Gasteiger partial charge in [-0.25, -0.2) is 0 Å². The number of halogens is 1. The van der Waals surface area contributed by atoms with Gasteiger partial charge in [0.05, 0.1) is 6.54 Å². The SMILES string of the molecule is O=C(O)CNC1C(=O)Nc2cccc(Cl)c21. The van der Waals surface area contributed by atoms with Crippen LogP contribution in [-0.4, -0.2) is 23.5 Å². The van der Waals surface area contributed by atoms with E-state index in [9.17, 15) is 9.59 Å². The van der Waals surface area contributed by atoms with Crippen molar-refractivity contribution < 1.29 is 14.7 Å². The van der Waals surface area contributed by atoms with Crippen LogP contribution in [0.5, 0.6) is 0 Å². The molecule has 16 heavy (non-hydrogen) atoms. The molecule has 1 unspecified atom stereocenters. The van der Waals surface area contributed by atoms with Crippen LogP contribution in [0, 0.1) is 0 Å². The van der Waals surface area contributed by atoms with Gasteiger partial charge in [0.15, 0.2) is 0 Å². The largest absolute Gasteiger partial charge is 0.480 e. The molecule has 0 saturated heterocycles. The molecule has 5 nitrogen and oxygen atoms in total. The summed E-state index contributed by atoms with van der Waals surface area (Å²) in [7, 11) is 0. The fourth-order valence-corrected chi connectivity index (χ4v) is 1.94. The molecule has 0 spiro atoms. The Morgan fingerprint density at radius 1 is 1.56 bits per heavy atom. The van der Waals surface area contributed by atoms with Gasteiger partial charge in [0.1, 0.15) is 6.04 Å². The first kappa shape index (κ1) is 10.9. The third kappa shape index (κ3) is 1.87. The van der Waals surface area contributed by atoms with Crippen molar-refractivity contribution in [2.24, 2.45) is 0 Å². The van der Waals surface area contributed by atoms with Gasteiger partial charge in [0.2, 0.25) is 5.91 Å². The summed E-state index contributed by atoms with van der Waals surface area (Å²) in [4.78, 5) is 22.0. The molecule has 84 valence electrons. The minimum absolute atomic E-state index is 0.288. The van der Waals surface area contributed by atoms with Gasteiger partial charge in [-0.15, -0.1) is 0 Å². The normalized spacial score (nSPS) is 18.1. The molecule has 1 aliphatic heterocycles. The summed E-state index contributed by atoms with van der Waals surface area (Å²) in [6.07, 6.45) is 0. The van der Waals surface area contributed by atoms with Crippen LogP contribution in [0.1, 0.15) is 11.6 Å². The monoisotopic (exact) mass is 240 g/mol. The molecular weight excluding hydrogens is 232 g/mol. The fraction of sp³-hybridized carbons (Fsp3) is 0.200. The molecule has 2 rings (SSSR count). The predicted molar refractivity (Wildman–Crippen MR) is 58.5 cm³/mol. The Bertz CT molecular complexity index is 461. The molecule has 1 aromatic rings. The van der Waals surface area contributed by atoms with Crippen molar-refractivity contribution in [3.05, 3.63) is 28.8 Å². The number of carboxylic acid groups (broad SMARTS) is 1. The van der Waals surface area contributed by atoms with E-state index < -0.39 is 12.0 Å². The first-order chi connectivity index (χ1) is 7.59.